The van der Waals surface area contributed by atoms with E-state index in [0.717, 1.165) is 5.92 Å². The Morgan fingerprint density at radius 1 is 1.00 bits per heavy atom. The van der Waals surface area contributed by atoms with Gasteiger partial charge in [-0.3, -0.25) is 0 Å². The summed E-state index contributed by atoms with van der Waals surface area (Å²) in [6.07, 6.45) is 17.4. The molecule has 3 fully saturated rings. The van der Waals surface area contributed by atoms with Gasteiger partial charge in [0.1, 0.15) is 0 Å². The Morgan fingerprint density at radius 3 is 2.45 bits per heavy atom. The fraction of sp³-hybridized carbons (Fsp3) is 0.862. The summed E-state index contributed by atoms with van der Waals surface area (Å²) in [4.78, 5) is 0. The summed E-state index contributed by atoms with van der Waals surface area (Å²) in [6, 6.07) is 0. The lowest BCUT2D eigenvalue weighted by Gasteiger charge is -2.55. The molecule has 0 bridgehead atoms. The second-order valence-corrected chi connectivity index (χ2v) is 12.1. The van der Waals surface area contributed by atoms with Gasteiger partial charge in [-0.05, 0) is 98.7 Å². The number of fused-ring (bicyclic) bond motifs is 5. The maximum atomic E-state index is 14.8. The highest BCUT2D eigenvalue weighted by Gasteiger charge is 2.56. The first-order chi connectivity index (χ1) is 14.7. The highest BCUT2D eigenvalue weighted by atomic mass is 19.3. The third-order valence-corrected chi connectivity index (χ3v) is 10.8. The van der Waals surface area contributed by atoms with Gasteiger partial charge < -0.3 is 0 Å². The molecule has 0 amide bonds. The molecule has 0 nitrogen and oxygen atoms in total. The lowest BCUT2D eigenvalue weighted by molar-refractivity contribution is -0.0751. The monoisotopic (exact) mass is 432 g/mol. The van der Waals surface area contributed by atoms with Crippen molar-refractivity contribution >= 4 is 0 Å². The normalized spacial score (nSPS) is 38.8. The van der Waals surface area contributed by atoms with Crippen molar-refractivity contribution in [3.8, 4) is 0 Å². The summed E-state index contributed by atoms with van der Waals surface area (Å²) >= 11 is 0. The van der Waals surface area contributed by atoms with E-state index in [1.165, 1.54) is 51.4 Å². The molecule has 0 saturated heterocycles. The number of alkyl halides is 2. The van der Waals surface area contributed by atoms with Gasteiger partial charge in [0.15, 0.2) is 0 Å². The molecular weight excluding hydrogens is 386 g/mol. The van der Waals surface area contributed by atoms with E-state index in [4.69, 9.17) is 0 Å². The molecule has 0 N–H and O–H groups in total. The first-order valence-electron chi connectivity index (χ1n) is 13.5. The van der Waals surface area contributed by atoms with Gasteiger partial charge in [0, 0.05) is 12.3 Å². The van der Waals surface area contributed by atoms with Crippen molar-refractivity contribution in [3.05, 3.63) is 23.3 Å². The van der Waals surface area contributed by atoms with Crippen molar-refractivity contribution in [1.29, 1.82) is 0 Å². The third-order valence-electron chi connectivity index (χ3n) is 10.8. The van der Waals surface area contributed by atoms with Crippen molar-refractivity contribution in [1.82, 2.24) is 0 Å². The molecule has 4 aliphatic rings. The fourth-order valence-corrected chi connectivity index (χ4v) is 8.72. The maximum absolute atomic E-state index is 14.8. The van der Waals surface area contributed by atoms with Crippen LogP contribution in [0.15, 0.2) is 23.3 Å². The molecule has 3 saturated carbocycles. The summed E-state index contributed by atoms with van der Waals surface area (Å²) in [5, 5.41) is 0. The number of hydrogen-bond donors (Lipinski definition) is 0. The lowest BCUT2D eigenvalue weighted by atomic mass is 9.50. The average molecular weight is 433 g/mol. The molecule has 6 atom stereocenters. The van der Waals surface area contributed by atoms with Crippen LogP contribution >= 0.6 is 0 Å². The van der Waals surface area contributed by atoms with Crippen molar-refractivity contribution in [2.24, 2.45) is 40.4 Å². The van der Waals surface area contributed by atoms with Crippen LogP contribution in [0.5, 0.6) is 0 Å². The summed E-state index contributed by atoms with van der Waals surface area (Å²) in [7, 11) is 0. The van der Waals surface area contributed by atoms with Crippen molar-refractivity contribution in [3.63, 3.8) is 0 Å². The Balaban J connectivity index is 1.48. The van der Waals surface area contributed by atoms with E-state index < -0.39 is 11.8 Å². The molecule has 2 heteroatoms. The number of allylic oxidation sites excluding steroid dienone is 4. The first-order valence-corrected chi connectivity index (χ1v) is 13.5. The molecule has 0 spiro atoms. The smallest absolute Gasteiger partial charge is 0.207 e. The van der Waals surface area contributed by atoms with Gasteiger partial charge in [-0.15, -0.1) is 0 Å². The third kappa shape index (κ3) is 3.86. The maximum Gasteiger partial charge on any atom is 0.250 e. The van der Waals surface area contributed by atoms with Crippen LogP contribution < -0.4 is 0 Å². The van der Waals surface area contributed by atoms with E-state index in [-0.39, 0.29) is 6.42 Å². The molecular formula is C29H46F2. The van der Waals surface area contributed by atoms with Crippen LogP contribution in [0.2, 0.25) is 0 Å². The van der Waals surface area contributed by atoms with Crippen LogP contribution in [0.1, 0.15) is 112 Å². The average Bonchev–Trinajstić information content (AvgIpc) is 3.09. The minimum Gasteiger partial charge on any atom is -0.207 e. The minimum absolute atomic E-state index is 0.0766. The van der Waals surface area contributed by atoms with Gasteiger partial charge in [-0.2, -0.15) is 0 Å². The van der Waals surface area contributed by atoms with Gasteiger partial charge in [0.05, 0.1) is 0 Å². The minimum atomic E-state index is -2.50. The molecule has 0 unspecified atom stereocenters. The predicted octanol–water partition coefficient (Wildman–Crippen LogP) is 9.36. The van der Waals surface area contributed by atoms with E-state index in [2.05, 4.69) is 32.9 Å². The SMILES string of the molecule is CCC(CC)C(F)(F)CC[C@@H](C)[C@H]1CC[C@H]2C3=CC=C4CCCC[C@]4(C)[C@H]3CC[C@]12C. The largest absolute Gasteiger partial charge is 0.250 e. The second-order valence-electron chi connectivity index (χ2n) is 12.1. The standard InChI is InChI=1S/C29H46F2/c1-6-21(7-2)29(30,31)19-15-20(3)24-13-14-25-23-12-11-22-10-8-9-17-27(22,4)26(23)16-18-28(24,25)5/h11-12,20-21,24-26H,6-10,13-19H2,1-5H3/t20-,24-,25+,26+,27+,28-/m1/s1. The van der Waals surface area contributed by atoms with Gasteiger partial charge in [-0.1, -0.05) is 64.3 Å². The summed E-state index contributed by atoms with van der Waals surface area (Å²) in [6.45, 7) is 11.2. The predicted molar refractivity (Wildman–Crippen MR) is 127 cm³/mol. The fourth-order valence-electron chi connectivity index (χ4n) is 8.72. The van der Waals surface area contributed by atoms with Crippen LogP contribution in [0.25, 0.3) is 0 Å². The van der Waals surface area contributed by atoms with E-state index in [0.29, 0.717) is 47.8 Å². The molecule has 0 heterocycles. The van der Waals surface area contributed by atoms with E-state index in [1.807, 2.05) is 13.8 Å². The van der Waals surface area contributed by atoms with Gasteiger partial charge in [0.25, 0.3) is 5.92 Å². The Kier molecular flexibility index (Phi) is 6.52. The summed E-state index contributed by atoms with van der Waals surface area (Å²) in [5.74, 6) is -0.550. The van der Waals surface area contributed by atoms with E-state index >= 15 is 0 Å². The molecule has 0 aromatic carbocycles. The van der Waals surface area contributed by atoms with Crippen LogP contribution in [-0.2, 0) is 0 Å². The molecule has 0 aromatic rings. The molecule has 4 rings (SSSR count). The van der Waals surface area contributed by atoms with Gasteiger partial charge in [-0.25, -0.2) is 8.78 Å². The Morgan fingerprint density at radius 2 is 1.74 bits per heavy atom. The van der Waals surface area contributed by atoms with Crippen LogP contribution in [0.4, 0.5) is 8.78 Å². The number of rotatable bonds is 7. The zero-order chi connectivity index (χ0) is 22.4. The van der Waals surface area contributed by atoms with E-state index in [9.17, 15) is 8.78 Å². The van der Waals surface area contributed by atoms with Gasteiger partial charge in [0.2, 0.25) is 0 Å². The number of hydrogen-bond acceptors (Lipinski definition) is 0. The van der Waals surface area contributed by atoms with Crippen LogP contribution in [0, 0.1) is 40.4 Å². The highest BCUT2D eigenvalue weighted by Crippen LogP contribution is 2.66. The Labute approximate surface area is 190 Å². The van der Waals surface area contributed by atoms with Crippen molar-refractivity contribution in [2.45, 2.75) is 118 Å². The van der Waals surface area contributed by atoms with Crippen molar-refractivity contribution < 1.29 is 8.78 Å². The van der Waals surface area contributed by atoms with Crippen LogP contribution in [0.3, 0.4) is 0 Å². The molecule has 0 aliphatic heterocycles. The van der Waals surface area contributed by atoms with Crippen LogP contribution in [-0.4, -0.2) is 5.92 Å². The second kappa shape index (κ2) is 8.60. The zero-order valence-corrected chi connectivity index (χ0v) is 20.8. The van der Waals surface area contributed by atoms with E-state index in [1.54, 1.807) is 11.1 Å². The molecule has 4 aliphatic carbocycles. The summed E-state index contributed by atoms with van der Waals surface area (Å²) < 4.78 is 29.5. The highest BCUT2D eigenvalue weighted by molar-refractivity contribution is 5.38. The zero-order valence-electron chi connectivity index (χ0n) is 20.8. The molecule has 176 valence electrons. The van der Waals surface area contributed by atoms with Gasteiger partial charge >= 0.3 is 0 Å². The molecule has 31 heavy (non-hydrogen) atoms. The topological polar surface area (TPSA) is 0 Å². The lowest BCUT2D eigenvalue weighted by Crippen LogP contribution is -2.45. The summed E-state index contributed by atoms with van der Waals surface area (Å²) in [5.41, 5.74) is 4.15. The number of halogens is 2. The Bertz CT molecular complexity index is 714. The Hall–Kier alpha value is -0.660. The quantitative estimate of drug-likeness (QED) is 0.376. The molecule has 0 radical (unpaired) electrons. The first kappa shape index (κ1) is 23.5. The molecule has 0 aromatic heterocycles. The van der Waals surface area contributed by atoms with Crippen molar-refractivity contribution in [2.75, 3.05) is 0 Å².